The molecular formula is C14H25F2NO2. The van der Waals surface area contributed by atoms with Crippen LogP contribution in [0.3, 0.4) is 0 Å². The molecule has 3 nitrogen and oxygen atoms in total. The van der Waals surface area contributed by atoms with Gasteiger partial charge in [0, 0.05) is 18.8 Å². The summed E-state index contributed by atoms with van der Waals surface area (Å²) in [5, 5.41) is 12.1. The lowest BCUT2D eigenvalue weighted by Crippen LogP contribution is -2.44. The quantitative estimate of drug-likeness (QED) is 0.830. The molecule has 0 aromatic rings. The van der Waals surface area contributed by atoms with E-state index in [0.717, 1.165) is 0 Å². The first kappa shape index (κ1) is 16.3. The van der Waals surface area contributed by atoms with Crippen LogP contribution in [-0.4, -0.2) is 29.6 Å². The maximum Gasteiger partial charge on any atom is 0.248 e. The van der Waals surface area contributed by atoms with E-state index < -0.39 is 5.92 Å². The van der Waals surface area contributed by atoms with Gasteiger partial charge in [0.25, 0.3) is 0 Å². The van der Waals surface area contributed by atoms with Crippen molar-refractivity contribution in [1.29, 1.82) is 0 Å². The maximum absolute atomic E-state index is 13.0. The maximum atomic E-state index is 13.0. The number of aliphatic hydroxyl groups excluding tert-OH is 1. The molecule has 112 valence electrons. The molecule has 0 aromatic carbocycles. The van der Waals surface area contributed by atoms with Gasteiger partial charge in [0.05, 0.1) is 12.6 Å². The molecule has 2 N–H and O–H groups in total. The molecule has 0 radical (unpaired) electrons. The summed E-state index contributed by atoms with van der Waals surface area (Å²) < 4.78 is 26.0. The molecule has 19 heavy (non-hydrogen) atoms. The highest BCUT2D eigenvalue weighted by Gasteiger charge is 2.37. The van der Waals surface area contributed by atoms with Crippen LogP contribution >= 0.6 is 0 Å². The van der Waals surface area contributed by atoms with Crippen molar-refractivity contribution < 1.29 is 18.7 Å². The first-order valence-corrected chi connectivity index (χ1v) is 6.92. The van der Waals surface area contributed by atoms with E-state index in [4.69, 9.17) is 0 Å². The van der Waals surface area contributed by atoms with Gasteiger partial charge in [-0.3, -0.25) is 4.79 Å². The Morgan fingerprint density at radius 3 is 2.32 bits per heavy atom. The molecule has 1 aliphatic carbocycles. The van der Waals surface area contributed by atoms with E-state index >= 15 is 0 Å². The highest BCUT2D eigenvalue weighted by Crippen LogP contribution is 2.36. The molecule has 1 amide bonds. The number of alkyl halides is 2. The van der Waals surface area contributed by atoms with Crippen molar-refractivity contribution in [3.05, 3.63) is 0 Å². The minimum atomic E-state index is -2.61. The van der Waals surface area contributed by atoms with E-state index in [0.29, 0.717) is 6.42 Å². The predicted octanol–water partition coefficient (Wildman–Crippen LogP) is 2.73. The van der Waals surface area contributed by atoms with Crippen molar-refractivity contribution >= 4 is 5.91 Å². The molecule has 0 aliphatic heterocycles. The fourth-order valence-electron chi connectivity index (χ4n) is 2.52. The molecule has 1 aliphatic rings. The number of nitrogens with one attached hydrogen (secondary N) is 1. The Hall–Kier alpha value is -0.710. The summed E-state index contributed by atoms with van der Waals surface area (Å²) in [6.07, 6.45) is 0.694. The van der Waals surface area contributed by atoms with Crippen molar-refractivity contribution in [2.24, 2.45) is 11.3 Å². The number of halogens is 2. The van der Waals surface area contributed by atoms with E-state index in [9.17, 15) is 18.7 Å². The largest absolute Gasteiger partial charge is 0.394 e. The Morgan fingerprint density at radius 2 is 1.89 bits per heavy atom. The van der Waals surface area contributed by atoms with Crippen LogP contribution in [0.1, 0.15) is 52.9 Å². The number of aliphatic hydroxyl groups is 1. The number of amides is 1. The molecular weight excluding hydrogens is 252 g/mol. The van der Waals surface area contributed by atoms with E-state index in [1.807, 2.05) is 20.8 Å². The lowest BCUT2D eigenvalue weighted by molar-refractivity contribution is -0.130. The second-order valence-electron chi connectivity index (χ2n) is 6.78. The van der Waals surface area contributed by atoms with Gasteiger partial charge in [-0.1, -0.05) is 20.8 Å². The van der Waals surface area contributed by atoms with Crippen molar-refractivity contribution in [2.45, 2.75) is 64.8 Å². The number of carbonyl (C=O) groups excluding carboxylic acids is 1. The zero-order valence-electron chi connectivity index (χ0n) is 12.0. The smallest absolute Gasteiger partial charge is 0.248 e. The van der Waals surface area contributed by atoms with Crippen LogP contribution in [0.2, 0.25) is 0 Å². The van der Waals surface area contributed by atoms with Crippen LogP contribution in [0.4, 0.5) is 8.78 Å². The van der Waals surface area contributed by atoms with Crippen molar-refractivity contribution in [3.63, 3.8) is 0 Å². The fraction of sp³-hybridized carbons (Fsp3) is 0.929. The molecule has 1 fully saturated rings. The monoisotopic (exact) mass is 277 g/mol. The fourth-order valence-corrected chi connectivity index (χ4v) is 2.52. The Morgan fingerprint density at radius 1 is 1.37 bits per heavy atom. The van der Waals surface area contributed by atoms with Crippen LogP contribution < -0.4 is 5.32 Å². The van der Waals surface area contributed by atoms with Crippen molar-refractivity contribution in [2.75, 3.05) is 6.61 Å². The molecule has 0 heterocycles. The minimum absolute atomic E-state index is 0.000270. The highest BCUT2D eigenvalue weighted by atomic mass is 19.3. The average molecular weight is 277 g/mol. The van der Waals surface area contributed by atoms with Crippen molar-refractivity contribution in [1.82, 2.24) is 5.32 Å². The normalized spacial score (nSPS) is 22.0. The standard InChI is InChI=1S/C14H25F2NO2/c1-13(2,3)8-11(9-18)17-12(19)10-4-6-14(15,16)7-5-10/h10-11,18H,4-9H2,1-3H3,(H,17,19). The summed E-state index contributed by atoms with van der Waals surface area (Å²) in [4.78, 5) is 12.0. The topological polar surface area (TPSA) is 49.3 Å². The summed E-state index contributed by atoms with van der Waals surface area (Å²) in [6, 6.07) is -0.296. The van der Waals surface area contributed by atoms with Gasteiger partial charge in [0.2, 0.25) is 11.8 Å². The molecule has 1 atom stereocenters. The van der Waals surface area contributed by atoms with Gasteiger partial charge >= 0.3 is 0 Å². The zero-order chi connectivity index (χ0) is 14.7. The first-order chi connectivity index (χ1) is 8.63. The van der Waals surface area contributed by atoms with E-state index in [1.165, 1.54) is 0 Å². The van der Waals surface area contributed by atoms with Crippen LogP contribution in [-0.2, 0) is 4.79 Å². The van der Waals surface area contributed by atoms with Gasteiger partial charge in [-0.25, -0.2) is 8.78 Å². The summed E-state index contributed by atoms with van der Waals surface area (Å²) in [5.74, 6) is -3.15. The van der Waals surface area contributed by atoms with Crippen LogP contribution in [0.15, 0.2) is 0 Å². The van der Waals surface area contributed by atoms with E-state index in [-0.39, 0.29) is 55.6 Å². The third-order valence-electron chi connectivity index (χ3n) is 3.51. The van der Waals surface area contributed by atoms with Crippen molar-refractivity contribution in [3.8, 4) is 0 Å². The molecule has 1 unspecified atom stereocenters. The van der Waals surface area contributed by atoms with Crippen LogP contribution in [0, 0.1) is 11.3 Å². The molecule has 0 spiro atoms. The lowest BCUT2D eigenvalue weighted by atomic mass is 9.85. The molecule has 0 aromatic heterocycles. The molecule has 0 saturated heterocycles. The van der Waals surface area contributed by atoms with Gasteiger partial charge in [-0.15, -0.1) is 0 Å². The Labute approximate surface area is 113 Å². The number of carbonyl (C=O) groups is 1. The van der Waals surface area contributed by atoms with Gasteiger partial charge in [0.15, 0.2) is 0 Å². The SMILES string of the molecule is CC(C)(C)CC(CO)NC(=O)C1CCC(F)(F)CC1. The third-order valence-corrected chi connectivity index (χ3v) is 3.51. The highest BCUT2D eigenvalue weighted by molar-refractivity contribution is 5.79. The Kier molecular flexibility index (Phi) is 5.30. The van der Waals surface area contributed by atoms with Crippen LogP contribution in [0.5, 0.6) is 0 Å². The average Bonchev–Trinajstić information content (AvgIpc) is 2.26. The Balaban J connectivity index is 2.45. The Bertz CT molecular complexity index is 303. The molecule has 0 bridgehead atoms. The predicted molar refractivity (Wildman–Crippen MR) is 70.0 cm³/mol. The summed E-state index contributed by atoms with van der Waals surface area (Å²) in [7, 11) is 0. The lowest BCUT2D eigenvalue weighted by Gasteiger charge is -2.30. The molecule has 1 saturated carbocycles. The number of rotatable bonds is 4. The summed E-state index contributed by atoms with van der Waals surface area (Å²) >= 11 is 0. The molecule has 5 heteroatoms. The number of hydrogen-bond acceptors (Lipinski definition) is 2. The van der Waals surface area contributed by atoms with Gasteiger partial charge in [0.1, 0.15) is 0 Å². The second-order valence-corrected chi connectivity index (χ2v) is 6.78. The molecule has 1 rings (SSSR count). The van der Waals surface area contributed by atoms with E-state index in [2.05, 4.69) is 5.32 Å². The second kappa shape index (κ2) is 6.16. The summed E-state index contributed by atoms with van der Waals surface area (Å²) in [6.45, 7) is 5.97. The first-order valence-electron chi connectivity index (χ1n) is 6.92. The van der Waals surface area contributed by atoms with Gasteiger partial charge < -0.3 is 10.4 Å². The van der Waals surface area contributed by atoms with E-state index in [1.54, 1.807) is 0 Å². The number of hydrogen-bond donors (Lipinski definition) is 2. The summed E-state index contributed by atoms with van der Waals surface area (Å²) in [5.41, 5.74) is 0.000270. The minimum Gasteiger partial charge on any atom is -0.394 e. The third kappa shape index (κ3) is 5.85. The zero-order valence-corrected chi connectivity index (χ0v) is 12.0. The van der Waals surface area contributed by atoms with Gasteiger partial charge in [-0.05, 0) is 24.7 Å². The van der Waals surface area contributed by atoms with Gasteiger partial charge in [-0.2, -0.15) is 0 Å². The van der Waals surface area contributed by atoms with Crippen LogP contribution in [0.25, 0.3) is 0 Å².